The monoisotopic (exact) mass is 397 g/mol. The van der Waals surface area contributed by atoms with Gasteiger partial charge in [-0.05, 0) is 48.9 Å². The maximum absolute atomic E-state index is 12.5. The lowest BCUT2D eigenvalue weighted by Gasteiger charge is -2.11. The van der Waals surface area contributed by atoms with Crippen LogP contribution >= 0.6 is 0 Å². The highest BCUT2D eigenvalue weighted by Crippen LogP contribution is 2.22. The first-order valence-corrected chi connectivity index (χ1v) is 9.87. The summed E-state index contributed by atoms with van der Waals surface area (Å²) >= 11 is 0. The molecule has 2 aromatic carbocycles. The second-order valence-corrected chi connectivity index (χ2v) is 7.70. The number of esters is 1. The number of carbonyl (C=O) groups is 1. The van der Waals surface area contributed by atoms with Gasteiger partial charge < -0.3 is 10.1 Å². The maximum Gasteiger partial charge on any atom is 0.339 e. The van der Waals surface area contributed by atoms with Crippen LogP contribution in [0.4, 0.5) is 17.2 Å². The van der Waals surface area contributed by atoms with E-state index in [0.29, 0.717) is 16.9 Å². The predicted octanol–water partition coefficient (Wildman–Crippen LogP) is 3.72. The Balaban J connectivity index is 1.77. The van der Waals surface area contributed by atoms with E-state index in [1.165, 1.54) is 25.4 Å². The molecular formula is C20H19N3O4S. The van der Waals surface area contributed by atoms with Gasteiger partial charge in [0.15, 0.2) is 0 Å². The molecule has 0 saturated carbocycles. The lowest BCUT2D eigenvalue weighted by molar-refractivity contribution is 0.0602. The first-order chi connectivity index (χ1) is 13.4. The summed E-state index contributed by atoms with van der Waals surface area (Å²) in [5.74, 6) is -0.271. The minimum Gasteiger partial charge on any atom is -0.465 e. The van der Waals surface area contributed by atoms with E-state index in [9.17, 15) is 13.2 Å². The molecule has 0 fully saturated rings. The molecule has 8 heteroatoms. The molecule has 0 unspecified atom stereocenters. The van der Waals surface area contributed by atoms with Crippen LogP contribution in [0.15, 0.2) is 71.8 Å². The van der Waals surface area contributed by atoms with Crippen molar-refractivity contribution < 1.29 is 17.9 Å². The summed E-state index contributed by atoms with van der Waals surface area (Å²) in [6.45, 7) is 1.82. The zero-order chi connectivity index (χ0) is 20.1. The van der Waals surface area contributed by atoms with Gasteiger partial charge in [-0.1, -0.05) is 24.3 Å². The first-order valence-electron chi connectivity index (χ1n) is 8.39. The summed E-state index contributed by atoms with van der Waals surface area (Å²) in [6, 6.07) is 16.7. The Morgan fingerprint density at radius 2 is 1.82 bits per heavy atom. The molecule has 0 aliphatic carbocycles. The van der Waals surface area contributed by atoms with E-state index in [1.54, 1.807) is 42.5 Å². The van der Waals surface area contributed by atoms with Gasteiger partial charge in [-0.3, -0.25) is 4.72 Å². The summed E-state index contributed by atoms with van der Waals surface area (Å²) < 4.78 is 32.1. The van der Waals surface area contributed by atoms with E-state index in [-0.39, 0.29) is 10.7 Å². The number of hydrogen-bond acceptors (Lipinski definition) is 6. The molecule has 1 heterocycles. The Morgan fingerprint density at radius 1 is 1.04 bits per heavy atom. The predicted molar refractivity (Wildman–Crippen MR) is 107 cm³/mol. The largest absolute Gasteiger partial charge is 0.465 e. The number of hydrogen-bond donors (Lipinski definition) is 2. The molecule has 28 heavy (non-hydrogen) atoms. The van der Waals surface area contributed by atoms with Gasteiger partial charge in [0.25, 0.3) is 10.0 Å². The minimum atomic E-state index is -3.72. The third kappa shape index (κ3) is 4.47. The molecule has 2 N–H and O–H groups in total. The number of nitrogens with one attached hydrogen (secondary N) is 2. The van der Waals surface area contributed by atoms with Gasteiger partial charge in [0.2, 0.25) is 0 Å². The molecule has 3 aromatic rings. The van der Waals surface area contributed by atoms with Crippen molar-refractivity contribution in [1.82, 2.24) is 4.98 Å². The molecule has 0 bridgehead atoms. The third-order valence-electron chi connectivity index (χ3n) is 3.91. The number of rotatable bonds is 6. The Hall–Kier alpha value is -3.39. The fourth-order valence-corrected chi connectivity index (χ4v) is 3.66. The van der Waals surface area contributed by atoms with Crippen LogP contribution in [-0.2, 0) is 14.8 Å². The van der Waals surface area contributed by atoms with Crippen molar-refractivity contribution in [3.05, 3.63) is 78.0 Å². The van der Waals surface area contributed by atoms with E-state index in [4.69, 9.17) is 4.74 Å². The van der Waals surface area contributed by atoms with Gasteiger partial charge in [0, 0.05) is 0 Å². The summed E-state index contributed by atoms with van der Waals surface area (Å²) in [5.41, 5.74) is 2.38. The van der Waals surface area contributed by atoms with Crippen molar-refractivity contribution >= 4 is 33.2 Å². The summed E-state index contributed by atoms with van der Waals surface area (Å²) in [4.78, 5) is 16.1. The lowest BCUT2D eigenvalue weighted by atomic mass is 10.1. The average Bonchev–Trinajstić information content (AvgIpc) is 2.69. The van der Waals surface area contributed by atoms with Gasteiger partial charge >= 0.3 is 5.97 Å². The van der Waals surface area contributed by atoms with Gasteiger partial charge in [-0.25, -0.2) is 18.2 Å². The summed E-state index contributed by atoms with van der Waals surface area (Å²) in [7, 11) is -2.41. The zero-order valence-electron chi connectivity index (χ0n) is 15.3. The van der Waals surface area contributed by atoms with Crippen molar-refractivity contribution in [2.24, 2.45) is 0 Å². The van der Waals surface area contributed by atoms with E-state index in [1.807, 2.05) is 13.0 Å². The Kier molecular flexibility index (Phi) is 5.60. The Labute approximate surface area is 163 Å². The normalized spacial score (nSPS) is 10.9. The van der Waals surface area contributed by atoms with Crippen LogP contribution in [0.3, 0.4) is 0 Å². The number of aryl methyl sites for hydroxylation is 1. The number of methoxy groups -OCH3 is 1. The molecule has 7 nitrogen and oxygen atoms in total. The SMILES string of the molecule is COC(=O)c1ccccc1Nc1ccc(NS(=O)(=O)c2cccc(C)c2)nc1. The van der Waals surface area contributed by atoms with Crippen LogP contribution < -0.4 is 10.0 Å². The number of para-hydroxylation sites is 1. The van der Waals surface area contributed by atoms with Crippen molar-refractivity contribution in [3.8, 4) is 0 Å². The van der Waals surface area contributed by atoms with Gasteiger partial charge in [-0.15, -0.1) is 0 Å². The van der Waals surface area contributed by atoms with Crippen LogP contribution in [0.5, 0.6) is 0 Å². The molecule has 0 amide bonds. The fraction of sp³-hybridized carbons (Fsp3) is 0.100. The highest BCUT2D eigenvalue weighted by Gasteiger charge is 2.15. The zero-order valence-corrected chi connectivity index (χ0v) is 16.2. The second kappa shape index (κ2) is 8.10. The van der Waals surface area contributed by atoms with Crippen LogP contribution in [0.25, 0.3) is 0 Å². The highest BCUT2D eigenvalue weighted by atomic mass is 32.2. The molecule has 0 atom stereocenters. The van der Waals surface area contributed by atoms with Crippen LogP contribution in [0, 0.1) is 6.92 Å². The Morgan fingerprint density at radius 3 is 2.50 bits per heavy atom. The van der Waals surface area contributed by atoms with Crippen molar-refractivity contribution in [1.29, 1.82) is 0 Å². The van der Waals surface area contributed by atoms with Crippen molar-refractivity contribution in [2.75, 3.05) is 17.1 Å². The van der Waals surface area contributed by atoms with Crippen LogP contribution in [-0.4, -0.2) is 26.5 Å². The van der Waals surface area contributed by atoms with Crippen LogP contribution in [0.2, 0.25) is 0 Å². The van der Waals surface area contributed by atoms with E-state index < -0.39 is 16.0 Å². The second-order valence-electron chi connectivity index (χ2n) is 6.02. The van der Waals surface area contributed by atoms with Crippen molar-refractivity contribution in [2.45, 2.75) is 11.8 Å². The Bertz CT molecular complexity index is 1100. The molecule has 1 aromatic heterocycles. The summed E-state index contributed by atoms with van der Waals surface area (Å²) in [6.07, 6.45) is 1.47. The maximum atomic E-state index is 12.5. The number of anilines is 3. The van der Waals surface area contributed by atoms with E-state index in [0.717, 1.165) is 5.56 Å². The quantitative estimate of drug-likeness (QED) is 0.615. The third-order valence-corrected chi connectivity index (χ3v) is 5.27. The first kappa shape index (κ1) is 19.4. The molecule has 0 saturated heterocycles. The molecular weight excluding hydrogens is 378 g/mol. The number of sulfonamides is 1. The van der Waals surface area contributed by atoms with Gasteiger partial charge in [-0.2, -0.15) is 0 Å². The average molecular weight is 397 g/mol. The molecule has 144 valence electrons. The lowest BCUT2D eigenvalue weighted by Crippen LogP contribution is -2.14. The standard InChI is InChI=1S/C20H19N3O4S/c1-14-6-5-7-16(12-14)28(25,26)23-19-11-10-15(13-21-19)22-18-9-4-3-8-17(18)20(24)27-2/h3-13,22H,1-2H3,(H,21,23). The highest BCUT2D eigenvalue weighted by molar-refractivity contribution is 7.92. The van der Waals surface area contributed by atoms with Crippen molar-refractivity contribution in [3.63, 3.8) is 0 Å². The van der Waals surface area contributed by atoms with E-state index in [2.05, 4.69) is 15.0 Å². The molecule has 3 rings (SSSR count). The van der Waals surface area contributed by atoms with Crippen LogP contribution in [0.1, 0.15) is 15.9 Å². The van der Waals surface area contributed by atoms with E-state index >= 15 is 0 Å². The number of benzene rings is 2. The fourth-order valence-electron chi connectivity index (χ4n) is 2.54. The molecule has 0 radical (unpaired) electrons. The topological polar surface area (TPSA) is 97.4 Å². The number of pyridine rings is 1. The number of ether oxygens (including phenoxy) is 1. The molecule has 0 spiro atoms. The molecule has 0 aliphatic heterocycles. The smallest absolute Gasteiger partial charge is 0.339 e. The number of nitrogens with zero attached hydrogens (tertiary/aromatic N) is 1. The molecule has 0 aliphatic rings. The number of aromatic nitrogens is 1. The van der Waals surface area contributed by atoms with Gasteiger partial charge in [0.1, 0.15) is 5.82 Å². The number of carbonyl (C=O) groups excluding carboxylic acids is 1. The summed E-state index contributed by atoms with van der Waals surface area (Å²) in [5, 5.41) is 3.08. The minimum absolute atomic E-state index is 0.170. The van der Waals surface area contributed by atoms with Gasteiger partial charge in [0.05, 0.1) is 35.1 Å².